The third-order valence-corrected chi connectivity index (χ3v) is 3.97. The zero-order valence-electron chi connectivity index (χ0n) is 9.41. The predicted octanol–water partition coefficient (Wildman–Crippen LogP) is -0.182. The molecule has 1 saturated heterocycles. The van der Waals surface area contributed by atoms with Gasteiger partial charge in [-0.15, -0.1) is 0 Å². The van der Waals surface area contributed by atoms with Gasteiger partial charge in [0.25, 0.3) is 10.2 Å². The Morgan fingerprint density at radius 1 is 1.40 bits per heavy atom. The highest BCUT2D eigenvalue weighted by atomic mass is 32.2. The molecule has 0 aromatic rings. The smallest absolute Gasteiger partial charge is 0.276 e. The van der Waals surface area contributed by atoms with Crippen molar-refractivity contribution in [2.24, 2.45) is 5.92 Å². The fourth-order valence-corrected chi connectivity index (χ4v) is 2.71. The van der Waals surface area contributed by atoms with Crippen molar-refractivity contribution >= 4 is 10.2 Å². The van der Waals surface area contributed by atoms with Crippen molar-refractivity contribution in [1.82, 2.24) is 14.8 Å². The summed E-state index contributed by atoms with van der Waals surface area (Å²) in [6, 6.07) is 0.257. The van der Waals surface area contributed by atoms with Gasteiger partial charge in [0.05, 0.1) is 0 Å². The Kier molecular flexibility index (Phi) is 4.98. The van der Waals surface area contributed by atoms with Crippen molar-refractivity contribution in [2.45, 2.75) is 32.7 Å². The van der Waals surface area contributed by atoms with Crippen LogP contribution in [0.25, 0.3) is 0 Å². The molecule has 1 fully saturated rings. The van der Waals surface area contributed by atoms with Crippen LogP contribution >= 0.6 is 0 Å². The average molecular weight is 235 g/mol. The number of hydrogen-bond donors (Lipinski definition) is 3. The van der Waals surface area contributed by atoms with Gasteiger partial charge in [0.2, 0.25) is 0 Å². The van der Waals surface area contributed by atoms with Gasteiger partial charge in [0.15, 0.2) is 0 Å². The Bertz CT molecular complexity index is 279. The first-order valence-electron chi connectivity index (χ1n) is 5.53. The first-order valence-corrected chi connectivity index (χ1v) is 7.01. The van der Waals surface area contributed by atoms with E-state index in [9.17, 15) is 8.42 Å². The van der Waals surface area contributed by atoms with Gasteiger partial charge in [-0.05, 0) is 25.3 Å². The predicted molar refractivity (Wildman–Crippen MR) is 60.8 cm³/mol. The standard InChI is InChI=1S/C9H21N3O2S/c1-3-11-15(13,14)12-7-9-8(2)5-4-6-10-9/h8-12H,3-7H2,1-2H3. The van der Waals surface area contributed by atoms with Crippen LogP contribution in [0.3, 0.4) is 0 Å². The highest BCUT2D eigenvalue weighted by Gasteiger charge is 2.21. The van der Waals surface area contributed by atoms with E-state index in [0.29, 0.717) is 19.0 Å². The molecule has 5 nitrogen and oxygen atoms in total. The van der Waals surface area contributed by atoms with Gasteiger partial charge in [0, 0.05) is 19.1 Å². The molecule has 0 aromatic carbocycles. The molecule has 2 atom stereocenters. The molecule has 0 radical (unpaired) electrons. The Hall–Kier alpha value is -0.170. The van der Waals surface area contributed by atoms with Crippen LogP contribution in [0, 0.1) is 5.92 Å². The highest BCUT2D eigenvalue weighted by Crippen LogP contribution is 2.14. The van der Waals surface area contributed by atoms with Crippen molar-refractivity contribution in [3.63, 3.8) is 0 Å². The van der Waals surface area contributed by atoms with E-state index in [0.717, 1.165) is 6.54 Å². The van der Waals surface area contributed by atoms with Gasteiger partial charge < -0.3 is 5.32 Å². The molecule has 6 heteroatoms. The SMILES string of the molecule is CCNS(=O)(=O)NCC1NCCCC1C. The summed E-state index contributed by atoms with van der Waals surface area (Å²) in [4.78, 5) is 0. The average Bonchev–Trinajstić information content (AvgIpc) is 2.16. The molecule has 1 aliphatic heterocycles. The lowest BCUT2D eigenvalue weighted by Gasteiger charge is -2.30. The topological polar surface area (TPSA) is 70.2 Å². The molecule has 0 aliphatic carbocycles. The molecular formula is C9H21N3O2S. The maximum absolute atomic E-state index is 11.3. The third kappa shape index (κ3) is 4.46. The summed E-state index contributed by atoms with van der Waals surface area (Å²) in [5.74, 6) is 0.531. The zero-order chi connectivity index (χ0) is 11.3. The van der Waals surface area contributed by atoms with E-state index in [2.05, 4.69) is 21.7 Å². The van der Waals surface area contributed by atoms with Crippen LogP contribution in [0.15, 0.2) is 0 Å². The molecule has 0 saturated carbocycles. The molecule has 2 unspecified atom stereocenters. The molecule has 3 N–H and O–H groups in total. The van der Waals surface area contributed by atoms with Crippen LogP contribution in [-0.2, 0) is 10.2 Å². The normalized spacial score (nSPS) is 27.9. The van der Waals surface area contributed by atoms with Crippen molar-refractivity contribution in [1.29, 1.82) is 0 Å². The van der Waals surface area contributed by atoms with Crippen molar-refractivity contribution in [3.8, 4) is 0 Å². The second-order valence-electron chi connectivity index (χ2n) is 4.03. The van der Waals surface area contributed by atoms with Crippen LogP contribution in [-0.4, -0.2) is 34.1 Å². The molecule has 90 valence electrons. The molecule has 0 spiro atoms. The van der Waals surface area contributed by atoms with Gasteiger partial charge in [-0.25, -0.2) is 9.44 Å². The van der Waals surface area contributed by atoms with Gasteiger partial charge >= 0.3 is 0 Å². The lowest BCUT2D eigenvalue weighted by molar-refractivity contribution is 0.300. The largest absolute Gasteiger partial charge is 0.312 e. The van der Waals surface area contributed by atoms with Gasteiger partial charge in [-0.3, -0.25) is 0 Å². The summed E-state index contributed by atoms with van der Waals surface area (Å²) in [5.41, 5.74) is 0. The quantitative estimate of drug-likeness (QED) is 0.619. The first kappa shape index (κ1) is 12.9. The second kappa shape index (κ2) is 5.79. The highest BCUT2D eigenvalue weighted by molar-refractivity contribution is 7.87. The van der Waals surface area contributed by atoms with Crippen LogP contribution in [0.4, 0.5) is 0 Å². The molecule has 1 heterocycles. The van der Waals surface area contributed by atoms with Gasteiger partial charge in [-0.1, -0.05) is 13.8 Å². The zero-order valence-corrected chi connectivity index (χ0v) is 10.2. The summed E-state index contributed by atoms with van der Waals surface area (Å²) >= 11 is 0. The Morgan fingerprint density at radius 3 is 2.73 bits per heavy atom. The lowest BCUT2D eigenvalue weighted by Crippen LogP contribution is -2.49. The minimum atomic E-state index is -3.29. The summed E-state index contributed by atoms with van der Waals surface area (Å²) in [6.07, 6.45) is 2.35. The molecule has 15 heavy (non-hydrogen) atoms. The summed E-state index contributed by atoms with van der Waals surface area (Å²) in [5, 5.41) is 3.33. The Labute approximate surface area is 92.2 Å². The number of nitrogens with one attached hydrogen (secondary N) is 3. The van der Waals surface area contributed by atoms with E-state index in [-0.39, 0.29) is 6.04 Å². The van der Waals surface area contributed by atoms with Crippen molar-refractivity contribution < 1.29 is 8.42 Å². The summed E-state index contributed by atoms with van der Waals surface area (Å²) in [6.45, 7) is 5.79. The number of piperidine rings is 1. The van der Waals surface area contributed by atoms with E-state index in [1.165, 1.54) is 12.8 Å². The van der Waals surface area contributed by atoms with Gasteiger partial charge in [0.1, 0.15) is 0 Å². The summed E-state index contributed by atoms with van der Waals surface area (Å²) < 4.78 is 27.6. The third-order valence-electron chi connectivity index (χ3n) is 2.76. The van der Waals surface area contributed by atoms with E-state index in [4.69, 9.17) is 0 Å². The first-order chi connectivity index (χ1) is 7.05. The van der Waals surface area contributed by atoms with Crippen molar-refractivity contribution in [2.75, 3.05) is 19.6 Å². The van der Waals surface area contributed by atoms with Gasteiger partial charge in [-0.2, -0.15) is 8.42 Å². The van der Waals surface area contributed by atoms with E-state index >= 15 is 0 Å². The van der Waals surface area contributed by atoms with Crippen LogP contribution in [0.5, 0.6) is 0 Å². The lowest BCUT2D eigenvalue weighted by atomic mass is 9.93. The Balaban J connectivity index is 2.35. The molecular weight excluding hydrogens is 214 g/mol. The van der Waals surface area contributed by atoms with E-state index < -0.39 is 10.2 Å². The van der Waals surface area contributed by atoms with Crippen LogP contribution < -0.4 is 14.8 Å². The second-order valence-corrected chi connectivity index (χ2v) is 5.61. The minimum Gasteiger partial charge on any atom is -0.312 e. The van der Waals surface area contributed by atoms with E-state index in [1.54, 1.807) is 6.92 Å². The maximum atomic E-state index is 11.3. The minimum absolute atomic E-state index is 0.257. The summed E-state index contributed by atoms with van der Waals surface area (Å²) in [7, 11) is -3.29. The molecule has 0 aromatic heterocycles. The fraction of sp³-hybridized carbons (Fsp3) is 1.00. The molecule has 0 amide bonds. The van der Waals surface area contributed by atoms with Crippen molar-refractivity contribution in [3.05, 3.63) is 0 Å². The Morgan fingerprint density at radius 2 is 2.13 bits per heavy atom. The number of rotatable bonds is 5. The maximum Gasteiger partial charge on any atom is 0.276 e. The number of hydrogen-bond acceptors (Lipinski definition) is 3. The molecule has 1 rings (SSSR count). The van der Waals surface area contributed by atoms with Crippen LogP contribution in [0.2, 0.25) is 0 Å². The van der Waals surface area contributed by atoms with Crippen LogP contribution in [0.1, 0.15) is 26.7 Å². The fourth-order valence-electron chi connectivity index (χ4n) is 1.83. The van der Waals surface area contributed by atoms with E-state index in [1.807, 2.05) is 0 Å². The monoisotopic (exact) mass is 235 g/mol. The molecule has 1 aliphatic rings. The molecule has 0 bridgehead atoms.